The standard InChI is InChI=1S/C18H15NO2/c1-13-11-12-17(21-13)15-9-5-6-10-16(15)19-18(20)14-7-3-2-4-8-14/h2-12H,1H3,(H,19,20). The third-order valence-corrected chi connectivity index (χ3v) is 3.22. The Hall–Kier alpha value is -2.81. The SMILES string of the molecule is Cc1ccc(-c2ccccc2NC(=O)c2ccccc2)o1. The van der Waals surface area contributed by atoms with Gasteiger partial charge < -0.3 is 9.73 Å². The second kappa shape index (κ2) is 5.67. The van der Waals surface area contributed by atoms with Crippen LogP contribution in [-0.4, -0.2) is 5.91 Å². The molecule has 21 heavy (non-hydrogen) atoms. The molecule has 1 N–H and O–H groups in total. The lowest BCUT2D eigenvalue weighted by Crippen LogP contribution is -2.12. The molecule has 3 heteroatoms. The van der Waals surface area contributed by atoms with Crippen molar-refractivity contribution in [2.45, 2.75) is 6.92 Å². The molecule has 0 bridgehead atoms. The van der Waals surface area contributed by atoms with Crippen molar-refractivity contribution in [1.29, 1.82) is 0 Å². The van der Waals surface area contributed by atoms with E-state index in [4.69, 9.17) is 4.42 Å². The number of amides is 1. The summed E-state index contributed by atoms with van der Waals surface area (Å²) < 4.78 is 5.65. The topological polar surface area (TPSA) is 42.2 Å². The first kappa shape index (κ1) is 13.2. The van der Waals surface area contributed by atoms with Crippen molar-refractivity contribution in [3.63, 3.8) is 0 Å². The van der Waals surface area contributed by atoms with Gasteiger partial charge in [-0.3, -0.25) is 4.79 Å². The molecule has 1 amide bonds. The molecular weight excluding hydrogens is 262 g/mol. The molecule has 3 aromatic rings. The summed E-state index contributed by atoms with van der Waals surface area (Å²) in [5.74, 6) is 1.46. The van der Waals surface area contributed by atoms with E-state index in [0.29, 0.717) is 5.56 Å². The van der Waals surface area contributed by atoms with E-state index >= 15 is 0 Å². The van der Waals surface area contributed by atoms with Gasteiger partial charge in [0.2, 0.25) is 0 Å². The average molecular weight is 277 g/mol. The molecule has 3 nitrogen and oxygen atoms in total. The summed E-state index contributed by atoms with van der Waals surface area (Å²) in [5, 5.41) is 2.94. The zero-order valence-electron chi connectivity index (χ0n) is 11.7. The van der Waals surface area contributed by atoms with Crippen molar-refractivity contribution < 1.29 is 9.21 Å². The highest BCUT2D eigenvalue weighted by Gasteiger charge is 2.11. The van der Waals surface area contributed by atoms with Gasteiger partial charge in [0, 0.05) is 11.1 Å². The number of carbonyl (C=O) groups is 1. The largest absolute Gasteiger partial charge is 0.461 e. The Morgan fingerprint density at radius 1 is 0.905 bits per heavy atom. The quantitative estimate of drug-likeness (QED) is 0.765. The van der Waals surface area contributed by atoms with Gasteiger partial charge in [0.25, 0.3) is 5.91 Å². The zero-order chi connectivity index (χ0) is 14.7. The molecule has 0 fully saturated rings. The predicted molar refractivity (Wildman–Crippen MR) is 83.3 cm³/mol. The zero-order valence-corrected chi connectivity index (χ0v) is 11.7. The van der Waals surface area contributed by atoms with E-state index in [1.807, 2.05) is 61.5 Å². The Morgan fingerprint density at radius 3 is 2.33 bits per heavy atom. The Kier molecular flexibility index (Phi) is 3.56. The fraction of sp³-hybridized carbons (Fsp3) is 0.0556. The monoisotopic (exact) mass is 277 g/mol. The molecule has 0 saturated carbocycles. The van der Waals surface area contributed by atoms with Gasteiger partial charge >= 0.3 is 0 Å². The summed E-state index contributed by atoms with van der Waals surface area (Å²) in [5.41, 5.74) is 2.23. The fourth-order valence-electron chi connectivity index (χ4n) is 2.17. The van der Waals surface area contributed by atoms with E-state index in [2.05, 4.69) is 5.32 Å². The molecule has 3 rings (SSSR count). The minimum atomic E-state index is -0.133. The number of rotatable bonds is 3. The smallest absolute Gasteiger partial charge is 0.255 e. The molecule has 0 aliphatic carbocycles. The Bertz CT molecular complexity index is 760. The van der Waals surface area contributed by atoms with Crippen LogP contribution in [0, 0.1) is 6.92 Å². The highest BCUT2D eigenvalue weighted by molar-refractivity contribution is 6.06. The van der Waals surface area contributed by atoms with Crippen LogP contribution < -0.4 is 5.32 Å². The van der Waals surface area contributed by atoms with Crippen LogP contribution in [0.2, 0.25) is 0 Å². The van der Waals surface area contributed by atoms with Crippen molar-refractivity contribution in [3.05, 3.63) is 78.1 Å². The van der Waals surface area contributed by atoms with E-state index in [9.17, 15) is 4.79 Å². The number of para-hydroxylation sites is 1. The number of benzene rings is 2. The molecule has 0 aliphatic rings. The van der Waals surface area contributed by atoms with Crippen LogP contribution in [0.25, 0.3) is 11.3 Å². The maximum Gasteiger partial charge on any atom is 0.255 e. The maximum atomic E-state index is 12.3. The molecule has 0 saturated heterocycles. The van der Waals surface area contributed by atoms with Crippen LogP contribution in [0.5, 0.6) is 0 Å². The summed E-state index contributed by atoms with van der Waals surface area (Å²) >= 11 is 0. The van der Waals surface area contributed by atoms with E-state index in [1.54, 1.807) is 12.1 Å². The van der Waals surface area contributed by atoms with E-state index in [1.165, 1.54) is 0 Å². The van der Waals surface area contributed by atoms with Crippen LogP contribution in [0.1, 0.15) is 16.1 Å². The van der Waals surface area contributed by atoms with Gasteiger partial charge in [0.15, 0.2) is 0 Å². The van der Waals surface area contributed by atoms with E-state index in [0.717, 1.165) is 22.8 Å². The van der Waals surface area contributed by atoms with Crippen LogP contribution in [0.4, 0.5) is 5.69 Å². The average Bonchev–Trinajstić information content (AvgIpc) is 2.95. The fourth-order valence-corrected chi connectivity index (χ4v) is 2.17. The Labute approximate surface area is 123 Å². The van der Waals surface area contributed by atoms with Crippen LogP contribution >= 0.6 is 0 Å². The number of aryl methyl sites for hydroxylation is 1. The maximum absolute atomic E-state index is 12.3. The summed E-state index contributed by atoms with van der Waals surface area (Å²) in [6.07, 6.45) is 0. The molecule has 0 aliphatic heterocycles. The van der Waals surface area contributed by atoms with Gasteiger partial charge in [-0.15, -0.1) is 0 Å². The summed E-state index contributed by atoms with van der Waals surface area (Å²) in [7, 11) is 0. The molecule has 2 aromatic carbocycles. The lowest BCUT2D eigenvalue weighted by molar-refractivity contribution is 0.102. The first-order valence-corrected chi connectivity index (χ1v) is 6.76. The van der Waals surface area contributed by atoms with Crippen molar-refractivity contribution in [3.8, 4) is 11.3 Å². The number of hydrogen-bond acceptors (Lipinski definition) is 2. The van der Waals surface area contributed by atoms with Crippen LogP contribution in [0.15, 0.2) is 71.1 Å². The number of carbonyl (C=O) groups excluding carboxylic acids is 1. The van der Waals surface area contributed by atoms with Gasteiger partial charge in [-0.25, -0.2) is 0 Å². The number of furan rings is 1. The second-order valence-corrected chi connectivity index (χ2v) is 4.78. The third-order valence-electron chi connectivity index (χ3n) is 3.22. The van der Waals surface area contributed by atoms with Crippen molar-refractivity contribution in [2.75, 3.05) is 5.32 Å². The Morgan fingerprint density at radius 2 is 1.62 bits per heavy atom. The second-order valence-electron chi connectivity index (χ2n) is 4.78. The number of anilines is 1. The molecule has 1 heterocycles. The minimum Gasteiger partial charge on any atom is -0.461 e. The van der Waals surface area contributed by atoms with E-state index < -0.39 is 0 Å². The molecule has 104 valence electrons. The van der Waals surface area contributed by atoms with Gasteiger partial charge in [0.1, 0.15) is 11.5 Å². The minimum absolute atomic E-state index is 0.133. The van der Waals surface area contributed by atoms with Crippen LogP contribution in [-0.2, 0) is 0 Å². The van der Waals surface area contributed by atoms with Gasteiger partial charge in [0.05, 0.1) is 5.69 Å². The van der Waals surface area contributed by atoms with Crippen molar-refractivity contribution >= 4 is 11.6 Å². The van der Waals surface area contributed by atoms with Crippen molar-refractivity contribution in [1.82, 2.24) is 0 Å². The first-order chi connectivity index (χ1) is 10.2. The lowest BCUT2D eigenvalue weighted by Gasteiger charge is -2.09. The van der Waals surface area contributed by atoms with Gasteiger partial charge in [-0.05, 0) is 43.3 Å². The number of hydrogen-bond donors (Lipinski definition) is 1. The van der Waals surface area contributed by atoms with Crippen LogP contribution in [0.3, 0.4) is 0 Å². The highest BCUT2D eigenvalue weighted by Crippen LogP contribution is 2.29. The normalized spacial score (nSPS) is 10.3. The van der Waals surface area contributed by atoms with Crippen molar-refractivity contribution in [2.24, 2.45) is 0 Å². The van der Waals surface area contributed by atoms with Gasteiger partial charge in [-0.2, -0.15) is 0 Å². The number of nitrogens with one attached hydrogen (secondary N) is 1. The summed E-state index contributed by atoms with van der Waals surface area (Å²) in [6, 6.07) is 20.6. The lowest BCUT2D eigenvalue weighted by atomic mass is 10.1. The molecule has 0 radical (unpaired) electrons. The summed E-state index contributed by atoms with van der Waals surface area (Å²) in [6.45, 7) is 1.90. The highest BCUT2D eigenvalue weighted by atomic mass is 16.3. The first-order valence-electron chi connectivity index (χ1n) is 6.76. The molecular formula is C18H15NO2. The van der Waals surface area contributed by atoms with E-state index in [-0.39, 0.29) is 5.91 Å². The molecule has 0 atom stereocenters. The van der Waals surface area contributed by atoms with Gasteiger partial charge in [-0.1, -0.05) is 30.3 Å². The molecule has 0 spiro atoms. The molecule has 1 aromatic heterocycles. The Balaban J connectivity index is 1.91. The predicted octanol–water partition coefficient (Wildman–Crippen LogP) is 4.51. The third kappa shape index (κ3) is 2.87. The summed E-state index contributed by atoms with van der Waals surface area (Å²) in [4.78, 5) is 12.3. The molecule has 0 unspecified atom stereocenters.